The molecule has 4 nitrogen and oxygen atoms in total. The molecule has 0 unspecified atom stereocenters. The molecule has 1 aromatic rings. The van der Waals surface area contributed by atoms with Crippen LogP contribution in [0.3, 0.4) is 0 Å². The minimum atomic E-state index is -2.97. The smallest absolute Gasteiger partial charge is 0.283 e. The average molecular weight is 207 g/mol. The summed E-state index contributed by atoms with van der Waals surface area (Å²) in [5, 5.41) is 17.4. The lowest BCUT2D eigenvalue weighted by atomic mass is 10.5. The zero-order valence-electron chi connectivity index (χ0n) is 6.26. The highest BCUT2D eigenvalue weighted by molar-refractivity contribution is 6.29. The van der Waals surface area contributed by atoms with Crippen LogP contribution in [0.25, 0.3) is 0 Å². The Morgan fingerprint density at radius 1 is 1.54 bits per heavy atom. The van der Waals surface area contributed by atoms with Crippen LogP contribution in [-0.2, 0) is 0 Å². The first-order chi connectivity index (χ1) is 6.02. The van der Waals surface area contributed by atoms with Crippen molar-refractivity contribution in [3.05, 3.63) is 22.8 Å². The van der Waals surface area contributed by atoms with E-state index in [1.54, 1.807) is 0 Å². The van der Waals surface area contributed by atoms with Gasteiger partial charge in [-0.25, -0.2) is 8.78 Å². The zero-order chi connectivity index (χ0) is 10.0. The second-order valence-electron chi connectivity index (χ2n) is 2.14. The summed E-state index contributed by atoms with van der Waals surface area (Å²) in [6.45, 7) is 0. The number of halogens is 3. The first kappa shape index (κ1) is 9.79. The van der Waals surface area contributed by atoms with Crippen LogP contribution in [0, 0.1) is 10.8 Å². The number of alkyl halides is 2. The molecule has 0 amide bonds. The summed E-state index contributed by atoms with van der Waals surface area (Å²) >= 11 is 5.41. The van der Waals surface area contributed by atoms with Gasteiger partial charge in [0.15, 0.2) is 5.84 Å². The summed E-state index contributed by atoms with van der Waals surface area (Å²) in [5.41, 5.74) is -0.310. The molecule has 7 heteroatoms. The van der Waals surface area contributed by atoms with Crippen molar-refractivity contribution in [1.82, 2.24) is 9.78 Å². The van der Waals surface area contributed by atoms with Gasteiger partial charge in [0, 0.05) is 0 Å². The van der Waals surface area contributed by atoms with E-state index in [0.29, 0.717) is 4.68 Å². The highest BCUT2D eigenvalue weighted by atomic mass is 35.5. The van der Waals surface area contributed by atoms with Gasteiger partial charge in [-0.2, -0.15) is 9.78 Å². The van der Waals surface area contributed by atoms with E-state index in [4.69, 9.17) is 22.4 Å². The molecule has 13 heavy (non-hydrogen) atoms. The van der Waals surface area contributed by atoms with Crippen LogP contribution in [0.5, 0.6) is 0 Å². The number of nitrogens with zero attached hydrogens (tertiary/aromatic N) is 2. The minimum Gasteiger partial charge on any atom is -0.283 e. The monoisotopic (exact) mass is 206 g/mol. The van der Waals surface area contributed by atoms with Crippen LogP contribution in [0.4, 0.5) is 8.78 Å². The van der Waals surface area contributed by atoms with Crippen LogP contribution < -0.4 is 5.49 Å². The summed E-state index contributed by atoms with van der Waals surface area (Å²) in [5.74, 6) is -1.06. The van der Waals surface area contributed by atoms with E-state index in [-0.39, 0.29) is 10.6 Å². The fourth-order valence-electron chi connectivity index (χ4n) is 0.677. The maximum atomic E-state index is 12.0. The first-order valence-corrected chi connectivity index (χ1v) is 3.57. The lowest BCUT2D eigenvalue weighted by Crippen LogP contribution is -2.32. The van der Waals surface area contributed by atoms with Crippen molar-refractivity contribution in [2.45, 2.75) is 6.43 Å². The fourth-order valence-corrected chi connectivity index (χ4v) is 0.816. The molecular formula is C6H5ClF2N4. The van der Waals surface area contributed by atoms with Gasteiger partial charge >= 0.3 is 0 Å². The molecule has 0 aliphatic heterocycles. The van der Waals surface area contributed by atoms with Gasteiger partial charge in [-0.3, -0.25) is 10.8 Å². The van der Waals surface area contributed by atoms with Crippen molar-refractivity contribution >= 4 is 17.4 Å². The first-order valence-electron chi connectivity index (χ1n) is 3.20. The molecule has 1 rings (SSSR count). The molecule has 0 atom stereocenters. The number of hydrogen-bond acceptors (Lipinski definition) is 3. The molecule has 2 N–H and O–H groups in total. The second-order valence-corrected chi connectivity index (χ2v) is 2.53. The van der Waals surface area contributed by atoms with Crippen molar-refractivity contribution in [3.63, 3.8) is 0 Å². The highest BCUT2D eigenvalue weighted by Crippen LogP contribution is 2.00. The summed E-state index contributed by atoms with van der Waals surface area (Å²) in [6, 6.07) is 2.48. The SMILES string of the molecule is N=C(C(F)F)n1nc(Cl)ccc1=N. The molecular weight excluding hydrogens is 202 g/mol. The van der Waals surface area contributed by atoms with E-state index in [2.05, 4.69) is 5.10 Å². The van der Waals surface area contributed by atoms with E-state index in [1.807, 2.05) is 0 Å². The predicted octanol–water partition coefficient (Wildman–Crippen LogP) is 1.11. The standard InChI is InChI=1S/C6H5ClF2N4/c7-3-1-2-4(10)13(12-3)6(11)5(8)9/h1-2,5,10-11H. The molecule has 70 valence electrons. The number of aromatic nitrogens is 2. The molecule has 0 aliphatic carbocycles. The molecule has 0 aliphatic rings. The number of nitrogens with one attached hydrogen (secondary N) is 2. The Hall–Kier alpha value is -1.30. The largest absolute Gasteiger partial charge is 0.296 e. The van der Waals surface area contributed by atoms with Gasteiger partial charge in [0.2, 0.25) is 0 Å². The predicted molar refractivity (Wildman–Crippen MR) is 42.2 cm³/mol. The topological polar surface area (TPSA) is 65.5 Å². The van der Waals surface area contributed by atoms with Crippen LogP contribution in [-0.4, -0.2) is 22.0 Å². The highest BCUT2D eigenvalue weighted by Gasteiger charge is 2.14. The third-order valence-electron chi connectivity index (χ3n) is 1.24. The molecule has 0 saturated heterocycles. The van der Waals surface area contributed by atoms with Crippen LogP contribution >= 0.6 is 11.6 Å². The van der Waals surface area contributed by atoms with Gasteiger partial charge < -0.3 is 0 Å². The summed E-state index contributed by atoms with van der Waals surface area (Å²) < 4.78 is 24.5. The quantitative estimate of drug-likeness (QED) is 0.525. The third kappa shape index (κ3) is 2.09. The van der Waals surface area contributed by atoms with E-state index in [0.717, 1.165) is 0 Å². The van der Waals surface area contributed by atoms with Crippen LogP contribution in [0.2, 0.25) is 5.15 Å². The van der Waals surface area contributed by atoms with Gasteiger partial charge in [0.1, 0.15) is 10.6 Å². The lowest BCUT2D eigenvalue weighted by molar-refractivity contribution is 0.218. The van der Waals surface area contributed by atoms with E-state index < -0.39 is 12.3 Å². The van der Waals surface area contributed by atoms with Gasteiger partial charge in [-0.15, -0.1) is 0 Å². The Kier molecular flexibility index (Phi) is 2.72. The second kappa shape index (κ2) is 3.61. The summed E-state index contributed by atoms with van der Waals surface area (Å²) in [4.78, 5) is 0. The van der Waals surface area contributed by atoms with E-state index in [1.165, 1.54) is 12.1 Å². The van der Waals surface area contributed by atoms with Crippen molar-refractivity contribution in [3.8, 4) is 0 Å². The molecule has 0 spiro atoms. The Labute approximate surface area is 76.8 Å². The molecule has 0 aromatic carbocycles. The van der Waals surface area contributed by atoms with Crippen molar-refractivity contribution in [2.24, 2.45) is 0 Å². The molecule has 0 bridgehead atoms. The van der Waals surface area contributed by atoms with Crippen molar-refractivity contribution in [1.29, 1.82) is 10.8 Å². The normalized spacial score (nSPS) is 10.5. The third-order valence-corrected chi connectivity index (χ3v) is 1.44. The van der Waals surface area contributed by atoms with Crippen molar-refractivity contribution in [2.75, 3.05) is 0 Å². The van der Waals surface area contributed by atoms with Gasteiger partial charge in [0.25, 0.3) is 6.43 Å². The Bertz CT molecular complexity index is 386. The molecule has 0 radical (unpaired) electrons. The fraction of sp³-hybridized carbons (Fsp3) is 0.167. The maximum Gasteiger partial charge on any atom is 0.296 e. The van der Waals surface area contributed by atoms with Gasteiger partial charge in [-0.05, 0) is 12.1 Å². The Morgan fingerprint density at radius 3 is 2.69 bits per heavy atom. The Balaban J connectivity index is 3.21. The number of rotatable bonds is 1. The summed E-state index contributed by atoms with van der Waals surface area (Å²) in [6.07, 6.45) is -2.97. The van der Waals surface area contributed by atoms with Gasteiger partial charge in [-0.1, -0.05) is 11.6 Å². The zero-order valence-corrected chi connectivity index (χ0v) is 7.02. The van der Waals surface area contributed by atoms with E-state index >= 15 is 0 Å². The average Bonchev–Trinajstić information content (AvgIpc) is 2.08. The summed E-state index contributed by atoms with van der Waals surface area (Å²) in [7, 11) is 0. The lowest BCUT2D eigenvalue weighted by Gasteiger charge is -2.05. The number of hydrogen-bond donors (Lipinski definition) is 2. The Morgan fingerprint density at radius 2 is 2.15 bits per heavy atom. The van der Waals surface area contributed by atoms with Crippen LogP contribution in [0.1, 0.15) is 0 Å². The maximum absolute atomic E-state index is 12.0. The minimum absolute atomic E-state index is 0.0404. The van der Waals surface area contributed by atoms with Crippen molar-refractivity contribution < 1.29 is 8.78 Å². The molecule has 0 fully saturated rings. The van der Waals surface area contributed by atoms with E-state index in [9.17, 15) is 8.78 Å². The van der Waals surface area contributed by atoms with Crippen LogP contribution in [0.15, 0.2) is 12.1 Å². The molecule has 1 heterocycles. The van der Waals surface area contributed by atoms with Gasteiger partial charge in [0.05, 0.1) is 0 Å². The molecule has 0 saturated carbocycles. The molecule has 1 aromatic heterocycles.